The minimum Gasteiger partial charge on any atom is -0.367 e. The minimum atomic E-state index is -2.86. The van der Waals surface area contributed by atoms with Gasteiger partial charge in [-0.05, 0) is 37.1 Å². The van der Waals surface area contributed by atoms with Gasteiger partial charge in [-0.3, -0.25) is 0 Å². The van der Waals surface area contributed by atoms with Crippen molar-refractivity contribution in [2.75, 3.05) is 23.0 Å². The molecule has 1 heterocycles. The van der Waals surface area contributed by atoms with E-state index in [0.717, 1.165) is 16.8 Å². The fourth-order valence-corrected chi connectivity index (χ4v) is 4.03. The molecule has 5 heteroatoms. The van der Waals surface area contributed by atoms with E-state index in [0.29, 0.717) is 13.1 Å². The molecular formula is C13H20N2O2S. The first-order chi connectivity index (χ1) is 8.43. The molecule has 1 fully saturated rings. The quantitative estimate of drug-likeness (QED) is 0.871. The highest BCUT2D eigenvalue weighted by Gasteiger charge is 2.28. The fraction of sp³-hybridized carbons (Fsp3) is 0.538. The molecule has 100 valence electrons. The topological polar surface area (TPSA) is 63.4 Å². The Morgan fingerprint density at radius 1 is 1.44 bits per heavy atom. The lowest BCUT2D eigenvalue weighted by atomic mass is 10.1. The lowest BCUT2D eigenvalue weighted by Crippen LogP contribution is -2.47. The molecule has 0 aliphatic carbocycles. The van der Waals surface area contributed by atoms with Gasteiger partial charge >= 0.3 is 0 Å². The Morgan fingerprint density at radius 2 is 2.17 bits per heavy atom. The van der Waals surface area contributed by atoms with Crippen LogP contribution in [-0.4, -0.2) is 32.5 Å². The highest BCUT2D eigenvalue weighted by molar-refractivity contribution is 7.91. The van der Waals surface area contributed by atoms with Gasteiger partial charge in [-0.25, -0.2) is 8.42 Å². The maximum Gasteiger partial charge on any atom is 0.154 e. The summed E-state index contributed by atoms with van der Waals surface area (Å²) < 4.78 is 23.1. The van der Waals surface area contributed by atoms with Gasteiger partial charge in [-0.1, -0.05) is 6.07 Å². The van der Waals surface area contributed by atoms with Gasteiger partial charge in [0.05, 0.1) is 11.5 Å². The number of nitrogens with two attached hydrogens (primary N) is 1. The zero-order chi connectivity index (χ0) is 13.3. The Hall–Kier alpha value is -1.07. The maximum absolute atomic E-state index is 11.6. The van der Waals surface area contributed by atoms with Gasteiger partial charge in [0.15, 0.2) is 9.84 Å². The first-order valence-corrected chi connectivity index (χ1v) is 8.02. The van der Waals surface area contributed by atoms with Crippen LogP contribution in [0, 0.1) is 6.92 Å². The molecule has 2 N–H and O–H groups in total. The zero-order valence-electron chi connectivity index (χ0n) is 10.9. The molecule has 0 aromatic heterocycles. The number of nitrogens with zero attached hydrogens (tertiary/aromatic N) is 1. The highest BCUT2D eigenvalue weighted by atomic mass is 32.2. The summed E-state index contributed by atoms with van der Waals surface area (Å²) in [5.74, 6) is 0.486. The molecule has 0 radical (unpaired) electrons. The van der Waals surface area contributed by atoms with E-state index in [1.807, 2.05) is 26.0 Å². The molecular weight excluding hydrogens is 248 g/mol. The molecule has 1 aliphatic heterocycles. The molecule has 1 aromatic carbocycles. The van der Waals surface area contributed by atoms with Crippen molar-refractivity contribution in [3.8, 4) is 0 Å². The number of aryl methyl sites for hydroxylation is 1. The van der Waals surface area contributed by atoms with Crippen LogP contribution in [0.15, 0.2) is 18.2 Å². The van der Waals surface area contributed by atoms with Crippen LogP contribution in [0.4, 0.5) is 5.69 Å². The normalized spacial score (nSPS) is 23.1. The second-order valence-corrected chi connectivity index (χ2v) is 7.20. The van der Waals surface area contributed by atoms with Gasteiger partial charge in [-0.15, -0.1) is 0 Å². The lowest BCUT2D eigenvalue weighted by Gasteiger charge is -2.35. The molecule has 1 aliphatic rings. The Labute approximate surface area is 109 Å². The standard InChI is InChI=1S/C13H20N2O2S/c1-10-7-13(4-3-12(10)8-14)15-5-6-18(16,17)9-11(15)2/h3-4,7,11H,5-6,8-9,14H2,1-2H3. The van der Waals surface area contributed by atoms with E-state index in [9.17, 15) is 8.42 Å². The second-order valence-electron chi connectivity index (χ2n) is 4.97. The van der Waals surface area contributed by atoms with E-state index in [1.165, 1.54) is 0 Å². The van der Waals surface area contributed by atoms with E-state index in [-0.39, 0.29) is 17.5 Å². The Morgan fingerprint density at radius 3 is 2.72 bits per heavy atom. The average Bonchev–Trinajstić information content (AvgIpc) is 2.27. The molecule has 0 amide bonds. The number of benzene rings is 1. The summed E-state index contributed by atoms with van der Waals surface area (Å²) in [6.45, 7) is 5.11. The van der Waals surface area contributed by atoms with Crippen LogP contribution in [0.2, 0.25) is 0 Å². The largest absolute Gasteiger partial charge is 0.367 e. The summed E-state index contributed by atoms with van der Waals surface area (Å²) in [6, 6.07) is 6.19. The van der Waals surface area contributed by atoms with E-state index in [1.54, 1.807) is 0 Å². The third-order valence-corrected chi connectivity index (χ3v) is 5.34. The van der Waals surface area contributed by atoms with Crippen molar-refractivity contribution < 1.29 is 8.42 Å². The average molecular weight is 268 g/mol. The van der Waals surface area contributed by atoms with Gasteiger partial charge < -0.3 is 10.6 Å². The Bertz CT molecular complexity index is 540. The Balaban J connectivity index is 2.25. The van der Waals surface area contributed by atoms with Crippen LogP contribution < -0.4 is 10.6 Å². The van der Waals surface area contributed by atoms with Crippen LogP contribution in [0.25, 0.3) is 0 Å². The predicted molar refractivity (Wildman–Crippen MR) is 74.5 cm³/mol. The highest BCUT2D eigenvalue weighted by Crippen LogP contribution is 2.24. The van der Waals surface area contributed by atoms with Gasteiger partial charge in [-0.2, -0.15) is 0 Å². The summed E-state index contributed by atoms with van der Waals surface area (Å²) in [5.41, 5.74) is 9.04. The number of hydrogen-bond donors (Lipinski definition) is 1. The molecule has 0 bridgehead atoms. The summed E-state index contributed by atoms with van der Waals surface area (Å²) in [7, 11) is -2.86. The number of anilines is 1. The third-order valence-electron chi connectivity index (χ3n) is 3.55. The van der Waals surface area contributed by atoms with E-state index >= 15 is 0 Å². The lowest BCUT2D eigenvalue weighted by molar-refractivity contribution is 0.568. The number of hydrogen-bond acceptors (Lipinski definition) is 4. The van der Waals surface area contributed by atoms with E-state index in [2.05, 4.69) is 11.0 Å². The van der Waals surface area contributed by atoms with Crippen molar-refractivity contribution in [3.05, 3.63) is 29.3 Å². The first-order valence-electron chi connectivity index (χ1n) is 6.19. The Kier molecular flexibility index (Phi) is 3.64. The van der Waals surface area contributed by atoms with Crippen molar-refractivity contribution in [1.29, 1.82) is 0 Å². The van der Waals surface area contributed by atoms with Crippen molar-refractivity contribution in [2.45, 2.75) is 26.4 Å². The van der Waals surface area contributed by atoms with Crippen LogP contribution in [0.1, 0.15) is 18.1 Å². The van der Waals surface area contributed by atoms with Gasteiger partial charge in [0.25, 0.3) is 0 Å². The molecule has 1 atom stereocenters. The van der Waals surface area contributed by atoms with Crippen LogP contribution in [-0.2, 0) is 16.4 Å². The molecule has 0 spiro atoms. The smallest absolute Gasteiger partial charge is 0.154 e. The zero-order valence-corrected chi connectivity index (χ0v) is 11.7. The molecule has 1 saturated heterocycles. The second kappa shape index (κ2) is 4.90. The molecule has 1 unspecified atom stereocenters. The number of sulfone groups is 1. The van der Waals surface area contributed by atoms with Crippen LogP contribution in [0.5, 0.6) is 0 Å². The summed E-state index contributed by atoms with van der Waals surface area (Å²) >= 11 is 0. The monoisotopic (exact) mass is 268 g/mol. The van der Waals surface area contributed by atoms with Gasteiger partial charge in [0.1, 0.15) is 0 Å². The van der Waals surface area contributed by atoms with E-state index < -0.39 is 9.84 Å². The maximum atomic E-state index is 11.6. The summed E-state index contributed by atoms with van der Waals surface area (Å²) in [5, 5.41) is 0. The van der Waals surface area contributed by atoms with Crippen LogP contribution in [0.3, 0.4) is 0 Å². The third kappa shape index (κ3) is 2.67. The van der Waals surface area contributed by atoms with Crippen molar-refractivity contribution in [3.63, 3.8) is 0 Å². The molecule has 4 nitrogen and oxygen atoms in total. The molecule has 18 heavy (non-hydrogen) atoms. The van der Waals surface area contributed by atoms with E-state index in [4.69, 9.17) is 5.73 Å². The van der Waals surface area contributed by atoms with Crippen LogP contribution >= 0.6 is 0 Å². The fourth-order valence-electron chi connectivity index (χ4n) is 2.47. The van der Waals surface area contributed by atoms with Crippen molar-refractivity contribution >= 4 is 15.5 Å². The molecule has 0 saturated carbocycles. The number of rotatable bonds is 2. The van der Waals surface area contributed by atoms with Crippen molar-refractivity contribution in [2.24, 2.45) is 5.73 Å². The van der Waals surface area contributed by atoms with Crippen molar-refractivity contribution in [1.82, 2.24) is 0 Å². The predicted octanol–water partition coefficient (Wildman–Crippen LogP) is 1.08. The minimum absolute atomic E-state index is 0.0341. The summed E-state index contributed by atoms with van der Waals surface area (Å²) in [6.07, 6.45) is 0. The summed E-state index contributed by atoms with van der Waals surface area (Å²) in [4.78, 5) is 2.16. The van der Waals surface area contributed by atoms with Gasteiger partial charge in [0, 0.05) is 24.8 Å². The SMILES string of the molecule is Cc1cc(N2CCS(=O)(=O)CC2C)ccc1CN. The molecule has 1 aromatic rings. The first kappa shape index (κ1) is 13.4. The van der Waals surface area contributed by atoms with Gasteiger partial charge in [0.2, 0.25) is 0 Å². The molecule has 2 rings (SSSR count).